The fourth-order valence-corrected chi connectivity index (χ4v) is 3.94. The molecule has 2 amide bonds. The van der Waals surface area contributed by atoms with Gasteiger partial charge in [-0.05, 0) is 60.7 Å². The quantitative estimate of drug-likeness (QED) is 0.0800. The fraction of sp³-hybridized carbons (Fsp3) is 0. The number of phenols is 2. The van der Waals surface area contributed by atoms with Crippen LogP contribution in [0.3, 0.4) is 0 Å². The summed E-state index contributed by atoms with van der Waals surface area (Å²) in [5.74, 6) is -0.345. The Labute approximate surface area is 227 Å². The van der Waals surface area contributed by atoms with E-state index in [1.807, 2.05) is 0 Å². The highest BCUT2D eigenvalue weighted by Gasteiger charge is 2.16. The Morgan fingerprint density at radius 1 is 0.700 bits per heavy atom. The zero-order valence-corrected chi connectivity index (χ0v) is 21.2. The number of urea groups is 1. The van der Waals surface area contributed by atoms with Crippen LogP contribution in [0.1, 0.15) is 0 Å². The normalized spacial score (nSPS) is 11.6. The second kappa shape index (κ2) is 11.5. The summed E-state index contributed by atoms with van der Waals surface area (Å²) < 4.78 is 32.3. The van der Waals surface area contributed by atoms with E-state index in [2.05, 4.69) is 31.1 Å². The van der Waals surface area contributed by atoms with Crippen molar-refractivity contribution < 1.29 is 28.0 Å². The second-order valence-electron chi connectivity index (χ2n) is 8.18. The first-order valence-corrected chi connectivity index (χ1v) is 12.7. The summed E-state index contributed by atoms with van der Waals surface area (Å²) in [6, 6.07) is 18.3. The summed E-state index contributed by atoms with van der Waals surface area (Å²) in [6.07, 6.45) is 0. The van der Waals surface area contributed by atoms with Gasteiger partial charge >= 0.3 is 6.03 Å². The number of azo groups is 2. The number of nitrogen functional groups attached to an aromatic ring is 2. The van der Waals surface area contributed by atoms with Crippen molar-refractivity contribution in [1.82, 2.24) is 0 Å². The molecule has 4 rings (SSSR count). The molecule has 0 spiro atoms. The monoisotopic (exact) mass is 562 g/mol. The molecule has 40 heavy (non-hydrogen) atoms. The van der Waals surface area contributed by atoms with Gasteiger partial charge < -0.3 is 32.3 Å². The average Bonchev–Trinajstić information content (AvgIpc) is 2.87. The molecule has 0 heterocycles. The van der Waals surface area contributed by atoms with Gasteiger partial charge in [0.1, 0.15) is 27.8 Å². The number of aromatic hydroxyl groups is 2. The molecule has 0 bridgehead atoms. The van der Waals surface area contributed by atoms with Crippen molar-refractivity contribution >= 4 is 61.6 Å². The molecule has 4 aromatic carbocycles. The molecular formula is C25H22N8O6S. The summed E-state index contributed by atoms with van der Waals surface area (Å²) in [7, 11) is -4.59. The third-order valence-corrected chi connectivity index (χ3v) is 6.06. The maximum Gasteiger partial charge on any atom is 0.323 e. The highest BCUT2D eigenvalue weighted by atomic mass is 32.2. The molecule has 0 atom stereocenters. The smallest absolute Gasteiger partial charge is 0.323 e. The third kappa shape index (κ3) is 7.06. The van der Waals surface area contributed by atoms with Crippen molar-refractivity contribution in [2.45, 2.75) is 4.90 Å². The van der Waals surface area contributed by atoms with Gasteiger partial charge in [-0.2, -0.15) is 18.6 Å². The lowest BCUT2D eigenvalue weighted by atomic mass is 10.2. The number of nitrogens with one attached hydrogen (secondary N) is 2. The maximum absolute atomic E-state index is 12.6. The number of anilines is 4. The van der Waals surface area contributed by atoms with E-state index in [9.17, 15) is 28.0 Å². The molecule has 0 aliphatic heterocycles. The van der Waals surface area contributed by atoms with Crippen LogP contribution in [-0.2, 0) is 10.1 Å². The molecule has 0 saturated heterocycles. The molecule has 9 N–H and O–H groups in total. The van der Waals surface area contributed by atoms with Gasteiger partial charge in [-0.1, -0.05) is 12.1 Å². The van der Waals surface area contributed by atoms with Gasteiger partial charge in [-0.25, -0.2) is 4.79 Å². The van der Waals surface area contributed by atoms with Crippen LogP contribution in [0.2, 0.25) is 0 Å². The van der Waals surface area contributed by atoms with Crippen LogP contribution in [0, 0.1) is 0 Å². The molecule has 0 aliphatic carbocycles. The van der Waals surface area contributed by atoms with Gasteiger partial charge in [0, 0.05) is 17.4 Å². The fourth-order valence-electron chi connectivity index (χ4n) is 3.32. The molecule has 15 heteroatoms. The molecule has 4 aromatic rings. The predicted octanol–water partition coefficient (Wildman–Crippen LogP) is 5.98. The van der Waals surface area contributed by atoms with Crippen LogP contribution >= 0.6 is 0 Å². The number of nitrogens with two attached hydrogens (primary N) is 2. The van der Waals surface area contributed by atoms with E-state index in [0.717, 1.165) is 18.2 Å². The van der Waals surface area contributed by atoms with Gasteiger partial charge in [0.2, 0.25) is 0 Å². The molecule has 0 radical (unpaired) electrons. The number of phenolic OH excluding ortho intramolecular Hbond substituents is 2. The molecule has 0 fully saturated rings. The first kappa shape index (κ1) is 27.5. The number of hydrogen-bond acceptors (Lipinski definition) is 11. The molecule has 0 aliphatic rings. The Kier molecular flexibility index (Phi) is 7.88. The number of carbonyl (C=O) groups excluding carboxylic acids is 1. The van der Waals surface area contributed by atoms with Gasteiger partial charge in [0.05, 0.1) is 22.7 Å². The van der Waals surface area contributed by atoms with E-state index in [4.69, 9.17) is 11.5 Å². The minimum absolute atomic E-state index is 0.0319. The van der Waals surface area contributed by atoms with Crippen LogP contribution < -0.4 is 22.1 Å². The maximum atomic E-state index is 12.6. The highest BCUT2D eigenvalue weighted by molar-refractivity contribution is 7.86. The number of hydrogen-bond donors (Lipinski definition) is 7. The zero-order valence-electron chi connectivity index (χ0n) is 20.4. The van der Waals surface area contributed by atoms with Crippen LogP contribution in [0.15, 0.2) is 104 Å². The summed E-state index contributed by atoms with van der Waals surface area (Å²) in [6.45, 7) is 0. The second-order valence-corrected chi connectivity index (χ2v) is 9.57. The Morgan fingerprint density at radius 3 is 1.82 bits per heavy atom. The third-order valence-electron chi connectivity index (χ3n) is 5.15. The zero-order chi connectivity index (χ0) is 28.9. The summed E-state index contributed by atoms with van der Waals surface area (Å²) in [4.78, 5) is 12.0. The highest BCUT2D eigenvalue weighted by Crippen LogP contribution is 2.33. The number of nitrogens with zero attached hydrogens (tertiary/aromatic N) is 4. The first-order chi connectivity index (χ1) is 19.0. The van der Waals surface area contributed by atoms with Gasteiger partial charge in [0.25, 0.3) is 10.1 Å². The van der Waals surface area contributed by atoms with E-state index in [1.54, 1.807) is 42.5 Å². The lowest BCUT2D eigenvalue weighted by Crippen LogP contribution is -2.19. The lowest BCUT2D eigenvalue weighted by Gasteiger charge is -2.08. The van der Waals surface area contributed by atoms with Gasteiger partial charge in [-0.3, -0.25) is 4.55 Å². The number of benzene rings is 4. The predicted molar refractivity (Wildman–Crippen MR) is 149 cm³/mol. The summed E-state index contributed by atoms with van der Waals surface area (Å²) in [5.41, 5.74) is 12.8. The molecule has 0 saturated carbocycles. The van der Waals surface area contributed by atoms with Crippen molar-refractivity contribution in [3.8, 4) is 11.5 Å². The van der Waals surface area contributed by atoms with E-state index in [0.29, 0.717) is 22.7 Å². The van der Waals surface area contributed by atoms with Crippen LogP contribution in [0.25, 0.3) is 0 Å². The number of amides is 2. The topological polar surface area (TPSA) is 237 Å². The largest absolute Gasteiger partial charge is 0.508 e. The molecule has 14 nitrogen and oxygen atoms in total. The van der Waals surface area contributed by atoms with E-state index in [-0.39, 0.29) is 34.2 Å². The van der Waals surface area contributed by atoms with Crippen molar-refractivity contribution in [2.75, 3.05) is 22.1 Å². The van der Waals surface area contributed by atoms with E-state index >= 15 is 0 Å². The van der Waals surface area contributed by atoms with Crippen LogP contribution in [-0.4, -0.2) is 29.2 Å². The molecular weight excluding hydrogens is 540 g/mol. The van der Waals surface area contributed by atoms with Crippen molar-refractivity contribution in [1.29, 1.82) is 0 Å². The van der Waals surface area contributed by atoms with E-state index < -0.39 is 21.0 Å². The Bertz CT molecular complexity index is 1760. The first-order valence-electron chi connectivity index (χ1n) is 11.3. The molecule has 204 valence electrons. The molecule has 0 aromatic heterocycles. The SMILES string of the molecule is Nc1cc(N)c(S(=O)(=O)O)cc1N=Nc1cccc(NC(=O)Nc2cccc(N=Nc3ccc(O)cc3O)c2)c1. The molecule has 0 unspecified atom stereocenters. The lowest BCUT2D eigenvalue weighted by molar-refractivity contribution is 0.262. The van der Waals surface area contributed by atoms with Gasteiger partial charge in [0.15, 0.2) is 0 Å². The minimum Gasteiger partial charge on any atom is -0.508 e. The van der Waals surface area contributed by atoms with Crippen LogP contribution in [0.5, 0.6) is 11.5 Å². The average molecular weight is 563 g/mol. The standard InChI is InChI=1S/C25H22N8O6S/c26-19-12-20(27)24(40(37,38)39)13-22(19)33-31-17-6-2-4-15(10-17)29-25(36)28-14-3-1-5-16(9-14)30-32-21-8-7-18(34)11-23(21)35/h1-13,34-35H,26-27H2,(H2,28,29,36)(H,37,38,39). The minimum atomic E-state index is -4.59. The van der Waals surface area contributed by atoms with Crippen molar-refractivity contribution in [3.63, 3.8) is 0 Å². The van der Waals surface area contributed by atoms with Crippen molar-refractivity contribution in [3.05, 3.63) is 78.9 Å². The Morgan fingerprint density at radius 2 is 1.27 bits per heavy atom. The van der Waals surface area contributed by atoms with Gasteiger partial charge in [-0.15, -0.1) is 10.2 Å². The number of carbonyl (C=O) groups is 1. The Hall–Kier alpha value is -5.54. The number of rotatable bonds is 7. The van der Waals surface area contributed by atoms with Crippen LogP contribution in [0.4, 0.5) is 50.3 Å². The summed E-state index contributed by atoms with van der Waals surface area (Å²) >= 11 is 0. The summed E-state index contributed by atoms with van der Waals surface area (Å²) in [5, 5.41) is 40.4. The Balaban J connectivity index is 1.43. The van der Waals surface area contributed by atoms with Crippen molar-refractivity contribution in [2.24, 2.45) is 20.5 Å². The van der Waals surface area contributed by atoms with E-state index in [1.165, 1.54) is 18.2 Å².